The predicted octanol–water partition coefficient (Wildman–Crippen LogP) is 4.08. The molecule has 0 saturated heterocycles. The van der Waals surface area contributed by atoms with Gasteiger partial charge in [-0.15, -0.1) is 0 Å². The van der Waals surface area contributed by atoms with E-state index in [4.69, 9.17) is 4.74 Å². The summed E-state index contributed by atoms with van der Waals surface area (Å²) in [7, 11) is 1.53. The van der Waals surface area contributed by atoms with E-state index in [2.05, 4.69) is 26.8 Å². The maximum atomic E-state index is 13.8. The smallest absolute Gasteiger partial charge is 0.205 e. The number of hydrogen-bond donors (Lipinski definition) is 0. The first kappa shape index (κ1) is 16.1. The van der Waals surface area contributed by atoms with Crippen LogP contribution in [0.4, 0.5) is 0 Å². The Morgan fingerprint density at radius 1 is 1.12 bits per heavy atom. The van der Waals surface area contributed by atoms with Crippen molar-refractivity contribution in [2.75, 3.05) is 7.11 Å². The Bertz CT molecular complexity index is 700. The number of Topliss-reactive ketones (excluding diaryl/α,β-unsaturated/α-hetero) is 2. The zero-order valence-corrected chi connectivity index (χ0v) is 15.4. The summed E-state index contributed by atoms with van der Waals surface area (Å²) in [5.74, 6) is 1.88. The first-order chi connectivity index (χ1) is 11.3. The van der Waals surface area contributed by atoms with E-state index < -0.39 is 10.8 Å². The van der Waals surface area contributed by atoms with Gasteiger partial charge in [-0.05, 0) is 63.2 Å². The van der Waals surface area contributed by atoms with E-state index in [1.807, 2.05) is 0 Å². The molecule has 4 rings (SSSR count). The molecule has 4 aliphatic rings. The zero-order chi connectivity index (χ0) is 17.4. The molecule has 0 aromatic carbocycles. The molecule has 130 valence electrons. The van der Waals surface area contributed by atoms with Gasteiger partial charge in [0.1, 0.15) is 0 Å². The van der Waals surface area contributed by atoms with Crippen LogP contribution in [0.15, 0.2) is 23.0 Å². The monoisotopic (exact) mass is 328 g/mol. The first-order valence-corrected chi connectivity index (χ1v) is 9.34. The molecule has 2 fully saturated rings. The van der Waals surface area contributed by atoms with Gasteiger partial charge in [0.2, 0.25) is 5.78 Å². The van der Waals surface area contributed by atoms with Gasteiger partial charge in [0, 0.05) is 5.57 Å². The minimum Gasteiger partial charge on any atom is -0.493 e. The number of carbonyl (C=O) groups is 2. The van der Waals surface area contributed by atoms with Crippen LogP contribution in [0.3, 0.4) is 0 Å². The van der Waals surface area contributed by atoms with Crippen LogP contribution in [-0.2, 0) is 14.3 Å². The van der Waals surface area contributed by atoms with Gasteiger partial charge in [0.25, 0.3) is 0 Å². The van der Waals surface area contributed by atoms with E-state index >= 15 is 0 Å². The molecule has 0 heterocycles. The van der Waals surface area contributed by atoms with Crippen molar-refractivity contribution in [3.63, 3.8) is 0 Å². The van der Waals surface area contributed by atoms with E-state index in [0.29, 0.717) is 23.2 Å². The molecule has 0 amide bonds. The number of rotatable bonds is 1. The van der Waals surface area contributed by atoms with Crippen molar-refractivity contribution in [1.29, 1.82) is 0 Å². The Kier molecular flexibility index (Phi) is 3.24. The average Bonchev–Trinajstić information content (AvgIpc) is 2.82. The third-order valence-corrected chi connectivity index (χ3v) is 7.89. The summed E-state index contributed by atoms with van der Waals surface area (Å²) in [6.07, 6.45) is 6.18. The summed E-state index contributed by atoms with van der Waals surface area (Å²) in [4.78, 5) is 27.5. The molecule has 24 heavy (non-hydrogen) atoms. The van der Waals surface area contributed by atoms with Crippen LogP contribution in [0.1, 0.15) is 53.4 Å². The predicted molar refractivity (Wildman–Crippen MR) is 92.1 cm³/mol. The van der Waals surface area contributed by atoms with Gasteiger partial charge in [0.15, 0.2) is 11.5 Å². The van der Waals surface area contributed by atoms with Crippen LogP contribution in [0.2, 0.25) is 0 Å². The minimum atomic E-state index is -0.591. The quantitative estimate of drug-likeness (QED) is 0.681. The summed E-state index contributed by atoms with van der Waals surface area (Å²) in [5, 5.41) is 0. The molecule has 0 radical (unpaired) electrons. The van der Waals surface area contributed by atoms with Crippen molar-refractivity contribution in [3.05, 3.63) is 23.0 Å². The van der Waals surface area contributed by atoms with E-state index in [9.17, 15) is 9.59 Å². The van der Waals surface area contributed by atoms with Gasteiger partial charge in [-0.2, -0.15) is 0 Å². The van der Waals surface area contributed by atoms with Gasteiger partial charge in [0.05, 0.1) is 17.9 Å². The van der Waals surface area contributed by atoms with Gasteiger partial charge in [-0.3, -0.25) is 9.59 Å². The van der Waals surface area contributed by atoms with Crippen molar-refractivity contribution in [2.45, 2.75) is 53.4 Å². The molecular weight excluding hydrogens is 300 g/mol. The molecule has 0 aliphatic heterocycles. The summed E-state index contributed by atoms with van der Waals surface area (Å²) in [5.41, 5.74) is 0.719. The van der Waals surface area contributed by atoms with Crippen LogP contribution in [0.25, 0.3) is 0 Å². The Morgan fingerprint density at radius 3 is 2.50 bits per heavy atom. The molecule has 0 N–H and O–H groups in total. The van der Waals surface area contributed by atoms with Gasteiger partial charge < -0.3 is 4.74 Å². The van der Waals surface area contributed by atoms with Crippen LogP contribution >= 0.6 is 0 Å². The summed E-state index contributed by atoms with van der Waals surface area (Å²) in [6.45, 7) is 8.40. The highest BCUT2D eigenvalue weighted by molar-refractivity contribution is 6.17. The lowest BCUT2D eigenvalue weighted by molar-refractivity contribution is -0.174. The molecule has 0 bridgehead atoms. The fourth-order valence-electron chi connectivity index (χ4n) is 7.16. The molecular formula is C21H28O3. The SMILES string of the molecule is COC1=C(C)C(=O)C23[C@@H]4C=C(C)C[C@]2(C1=O)[C@@H](C)CC[C@@H]3[C@@H](C)C4. The molecule has 3 nitrogen and oxygen atoms in total. The number of hydrogen-bond acceptors (Lipinski definition) is 3. The first-order valence-electron chi connectivity index (χ1n) is 9.34. The van der Waals surface area contributed by atoms with Crippen molar-refractivity contribution >= 4 is 11.6 Å². The number of methoxy groups -OCH3 is 1. The lowest BCUT2D eigenvalue weighted by Gasteiger charge is -2.62. The van der Waals surface area contributed by atoms with Crippen LogP contribution in [0.5, 0.6) is 0 Å². The Labute approximate surface area is 144 Å². The van der Waals surface area contributed by atoms with E-state index in [-0.39, 0.29) is 23.4 Å². The van der Waals surface area contributed by atoms with Gasteiger partial charge in [-0.25, -0.2) is 0 Å². The summed E-state index contributed by atoms with van der Waals surface area (Å²) < 4.78 is 5.47. The largest absolute Gasteiger partial charge is 0.493 e. The van der Waals surface area contributed by atoms with Crippen LogP contribution < -0.4 is 0 Å². The summed E-state index contributed by atoms with van der Waals surface area (Å²) >= 11 is 0. The Hall–Kier alpha value is -1.38. The Balaban J connectivity index is 2.09. The van der Waals surface area contributed by atoms with Gasteiger partial charge in [-0.1, -0.05) is 25.5 Å². The average molecular weight is 328 g/mol. The van der Waals surface area contributed by atoms with E-state index in [0.717, 1.165) is 25.7 Å². The highest BCUT2D eigenvalue weighted by atomic mass is 16.5. The number of ether oxygens (including phenoxy) is 1. The molecule has 0 aromatic rings. The zero-order valence-electron chi connectivity index (χ0n) is 15.4. The van der Waals surface area contributed by atoms with Crippen molar-refractivity contribution < 1.29 is 14.3 Å². The fraction of sp³-hybridized carbons (Fsp3) is 0.714. The third kappa shape index (κ3) is 1.46. The second-order valence-corrected chi connectivity index (χ2v) is 8.75. The van der Waals surface area contributed by atoms with Crippen LogP contribution in [-0.4, -0.2) is 18.7 Å². The molecule has 1 unspecified atom stereocenters. The minimum absolute atomic E-state index is 0.103. The molecule has 0 aromatic heterocycles. The number of ketones is 2. The summed E-state index contributed by atoms with van der Waals surface area (Å²) in [6, 6.07) is 0. The molecule has 2 saturated carbocycles. The van der Waals surface area contributed by atoms with Crippen molar-refractivity contribution in [2.24, 2.45) is 34.5 Å². The van der Waals surface area contributed by atoms with Crippen LogP contribution in [0, 0.1) is 34.5 Å². The van der Waals surface area contributed by atoms with E-state index in [1.54, 1.807) is 6.92 Å². The van der Waals surface area contributed by atoms with E-state index in [1.165, 1.54) is 12.7 Å². The fourth-order valence-corrected chi connectivity index (χ4v) is 7.16. The standard InChI is InChI=1S/C21H28O3/c1-11-8-15-9-12(2)16-7-6-13(3)20(10-11)19(23)17(24-5)14(4)18(22)21(15,16)20/h8,12-13,15-16H,6-7,9-10H2,1-5H3/t12-,13-,15+,16+,20+,21?/m0/s1. The highest BCUT2D eigenvalue weighted by Gasteiger charge is 2.76. The maximum absolute atomic E-state index is 13.8. The molecule has 6 atom stereocenters. The second-order valence-electron chi connectivity index (χ2n) is 8.75. The topological polar surface area (TPSA) is 43.4 Å². The Morgan fingerprint density at radius 2 is 1.83 bits per heavy atom. The molecule has 3 heteroatoms. The van der Waals surface area contributed by atoms with Gasteiger partial charge >= 0.3 is 0 Å². The highest BCUT2D eigenvalue weighted by Crippen LogP contribution is 2.74. The maximum Gasteiger partial charge on any atom is 0.205 e. The molecule has 4 aliphatic carbocycles. The van der Waals surface area contributed by atoms with Crippen molar-refractivity contribution in [3.8, 4) is 0 Å². The lowest BCUT2D eigenvalue weighted by Crippen LogP contribution is -2.67. The molecule has 1 spiro atoms. The lowest BCUT2D eigenvalue weighted by atomic mass is 9.38. The number of allylic oxidation sites excluding steroid dienone is 4. The third-order valence-electron chi connectivity index (χ3n) is 7.89. The second kappa shape index (κ2) is 4.83. The normalized spacial score (nSPS) is 47.3. The van der Waals surface area contributed by atoms with Crippen molar-refractivity contribution in [1.82, 2.24) is 0 Å². The number of carbonyl (C=O) groups excluding carboxylic acids is 2.